The first kappa shape index (κ1) is 31.8. The van der Waals surface area contributed by atoms with Gasteiger partial charge in [-0.2, -0.15) is 0 Å². The lowest BCUT2D eigenvalue weighted by molar-refractivity contribution is 0.607. The molecule has 3 aliphatic carbocycles. The molecule has 0 N–H and O–H groups in total. The number of fused-ring (bicyclic) bond motifs is 1. The molecule has 0 bridgehead atoms. The Morgan fingerprint density at radius 3 is 1.92 bits per heavy atom. The van der Waals surface area contributed by atoms with E-state index in [1.54, 1.807) is 5.56 Å². The Morgan fingerprint density at radius 1 is 0.520 bits per heavy atom. The second kappa shape index (κ2) is 14.6. The van der Waals surface area contributed by atoms with Crippen LogP contribution in [0, 0.1) is 6.92 Å². The zero-order valence-corrected chi connectivity index (χ0v) is 29.0. The van der Waals surface area contributed by atoms with Gasteiger partial charge in [-0.1, -0.05) is 140 Å². The summed E-state index contributed by atoms with van der Waals surface area (Å²) in [6, 6.07) is 35.3. The predicted octanol–water partition coefficient (Wildman–Crippen LogP) is 12.6. The molecular weight excluding hydrogens is 605 g/mol. The zero-order chi connectivity index (χ0) is 33.7. The lowest BCUT2D eigenvalue weighted by Gasteiger charge is -2.16. The normalized spacial score (nSPS) is 16.0. The second-order valence-electron chi connectivity index (χ2n) is 13.7. The molecule has 0 amide bonds. The molecule has 3 aromatic carbocycles. The maximum Gasteiger partial charge on any atom is 0.0715 e. The molecule has 0 spiro atoms. The van der Waals surface area contributed by atoms with Gasteiger partial charge < -0.3 is 4.57 Å². The summed E-state index contributed by atoms with van der Waals surface area (Å²) in [7, 11) is 0. The summed E-state index contributed by atoms with van der Waals surface area (Å²) in [6.45, 7) is 2.27. The first-order valence-electron chi connectivity index (χ1n) is 18.3. The number of pyridine rings is 1. The quantitative estimate of drug-likeness (QED) is 0.179. The smallest absolute Gasteiger partial charge is 0.0715 e. The Balaban J connectivity index is 1.15. The van der Waals surface area contributed by atoms with Gasteiger partial charge >= 0.3 is 0 Å². The van der Waals surface area contributed by atoms with Crippen LogP contribution >= 0.6 is 0 Å². The molecule has 2 heteroatoms. The summed E-state index contributed by atoms with van der Waals surface area (Å²) < 4.78 is 2.53. The van der Waals surface area contributed by atoms with Gasteiger partial charge in [-0.15, -0.1) is 0 Å². The summed E-state index contributed by atoms with van der Waals surface area (Å²) in [5, 5.41) is 0. The number of nitrogens with zero attached hydrogens (tertiary/aromatic N) is 2. The van der Waals surface area contributed by atoms with Gasteiger partial charge in [-0.05, 0) is 109 Å². The maximum absolute atomic E-state index is 5.28. The molecule has 0 radical (unpaired) electrons. The third-order valence-electron chi connectivity index (χ3n) is 10.3. The van der Waals surface area contributed by atoms with E-state index in [2.05, 4.69) is 163 Å². The van der Waals surface area contributed by atoms with Crippen molar-refractivity contribution in [3.05, 3.63) is 180 Å². The van der Waals surface area contributed by atoms with Crippen LogP contribution in [0.5, 0.6) is 0 Å². The third-order valence-corrected chi connectivity index (χ3v) is 10.3. The van der Waals surface area contributed by atoms with Gasteiger partial charge in [0, 0.05) is 28.2 Å². The van der Waals surface area contributed by atoms with Crippen LogP contribution in [-0.4, -0.2) is 9.55 Å². The van der Waals surface area contributed by atoms with Gasteiger partial charge in [0.15, 0.2) is 0 Å². The van der Waals surface area contributed by atoms with Crippen LogP contribution in [0.25, 0.3) is 50.5 Å². The molecule has 50 heavy (non-hydrogen) atoms. The Hall–Kier alpha value is -5.47. The lowest BCUT2D eigenvalue weighted by Crippen LogP contribution is -2.06. The minimum absolute atomic E-state index is 0.884. The molecule has 0 atom stereocenters. The fourth-order valence-electron chi connectivity index (χ4n) is 7.65. The van der Waals surface area contributed by atoms with E-state index in [9.17, 15) is 0 Å². The number of allylic oxidation sites excluding steroid dienone is 12. The van der Waals surface area contributed by atoms with Crippen molar-refractivity contribution in [2.75, 3.05) is 0 Å². The lowest BCUT2D eigenvalue weighted by atomic mass is 9.97. The van der Waals surface area contributed by atoms with Gasteiger partial charge in [0.05, 0.1) is 11.4 Å². The number of aryl methyl sites for hydroxylation is 2. The summed E-state index contributed by atoms with van der Waals surface area (Å²) >= 11 is 0. The molecule has 246 valence electrons. The van der Waals surface area contributed by atoms with Crippen molar-refractivity contribution in [2.45, 2.75) is 58.3 Å². The molecule has 0 unspecified atom stereocenters. The van der Waals surface area contributed by atoms with Crippen LogP contribution in [0.2, 0.25) is 0 Å². The van der Waals surface area contributed by atoms with E-state index in [1.807, 2.05) is 0 Å². The van der Waals surface area contributed by atoms with Crippen LogP contribution in [-0.2, 0) is 12.8 Å². The molecule has 2 nitrogen and oxygen atoms in total. The standard InChI is InChI=1S/C48H44N2/c1-35-32-43-18-9-4-5-12-21-48(43)50(35)45-20-13-19-38(30-31-45)44-33-46(41-26-22-39(23-27-41)36-14-7-2-3-8-15-36)49-47(34-44)42-28-24-40(25-29-42)37-16-10-6-11-17-37/h2-3,6-7,10-11,14-17,19-20,22-34H,4-5,8-9,12-13,18,21H2,1H3. The van der Waals surface area contributed by atoms with Crippen molar-refractivity contribution < 1.29 is 0 Å². The third kappa shape index (κ3) is 6.84. The highest BCUT2D eigenvalue weighted by Crippen LogP contribution is 2.34. The van der Waals surface area contributed by atoms with Crippen LogP contribution in [0.15, 0.2) is 152 Å². The van der Waals surface area contributed by atoms with E-state index in [0.717, 1.165) is 41.8 Å². The summed E-state index contributed by atoms with van der Waals surface area (Å²) in [5.74, 6) is 0. The monoisotopic (exact) mass is 648 g/mol. The molecular formula is C48H44N2. The maximum atomic E-state index is 5.28. The van der Waals surface area contributed by atoms with Crippen molar-refractivity contribution in [1.82, 2.24) is 9.55 Å². The van der Waals surface area contributed by atoms with E-state index < -0.39 is 0 Å². The first-order chi connectivity index (χ1) is 24.7. The summed E-state index contributed by atoms with van der Waals surface area (Å²) in [6.07, 6.45) is 29.8. The van der Waals surface area contributed by atoms with Gasteiger partial charge in [0.1, 0.15) is 0 Å². The van der Waals surface area contributed by atoms with Gasteiger partial charge in [0.2, 0.25) is 0 Å². The molecule has 5 aromatic rings. The van der Waals surface area contributed by atoms with E-state index >= 15 is 0 Å². The molecule has 0 saturated heterocycles. The van der Waals surface area contributed by atoms with Crippen LogP contribution in [0.1, 0.15) is 66.6 Å². The van der Waals surface area contributed by atoms with Crippen LogP contribution < -0.4 is 0 Å². The Morgan fingerprint density at radius 2 is 1.16 bits per heavy atom. The van der Waals surface area contributed by atoms with E-state index in [-0.39, 0.29) is 0 Å². The van der Waals surface area contributed by atoms with Crippen molar-refractivity contribution in [3.63, 3.8) is 0 Å². The van der Waals surface area contributed by atoms with Crippen molar-refractivity contribution in [2.24, 2.45) is 0 Å². The molecule has 3 aliphatic rings. The van der Waals surface area contributed by atoms with Gasteiger partial charge in [-0.3, -0.25) is 0 Å². The van der Waals surface area contributed by atoms with Gasteiger partial charge in [-0.25, -0.2) is 4.98 Å². The average Bonchev–Trinajstić information content (AvgIpc) is 3.41. The highest BCUT2D eigenvalue weighted by molar-refractivity contribution is 5.84. The molecule has 0 saturated carbocycles. The van der Waals surface area contributed by atoms with Crippen molar-refractivity contribution in [3.8, 4) is 33.6 Å². The second-order valence-corrected chi connectivity index (χ2v) is 13.7. The predicted molar refractivity (Wildman–Crippen MR) is 212 cm³/mol. The number of rotatable bonds is 6. The van der Waals surface area contributed by atoms with Crippen molar-refractivity contribution >= 4 is 16.8 Å². The summed E-state index contributed by atoms with van der Waals surface area (Å²) in [5.41, 5.74) is 17.2. The minimum Gasteiger partial charge on any atom is -0.318 e. The highest BCUT2D eigenvalue weighted by Gasteiger charge is 2.17. The molecule has 0 aliphatic heterocycles. The van der Waals surface area contributed by atoms with E-state index in [1.165, 1.54) is 82.6 Å². The van der Waals surface area contributed by atoms with Crippen LogP contribution in [0.3, 0.4) is 0 Å². The Bertz CT molecular complexity index is 2180. The Kier molecular flexibility index (Phi) is 9.26. The minimum atomic E-state index is 0.884. The van der Waals surface area contributed by atoms with E-state index in [4.69, 9.17) is 4.98 Å². The van der Waals surface area contributed by atoms with Crippen molar-refractivity contribution in [1.29, 1.82) is 0 Å². The molecule has 2 heterocycles. The molecule has 0 fully saturated rings. The SMILES string of the molecule is Cc1cc2c(n1C1=CCC=C(c3cc(-c4ccc(C5=CCC=CC=C5)cc4)nc(-c4ccc(-c5ccccc5)cc4)c3)C=C1)CCCCCC2. The Labute approximate surface area is 297 Å². The molecule has 8 rings (SSSR count). The molecule has 2 aromatic heterocycles. The average molecular weight is 649 g/mol. The number of hydrogen-bond donors (Lipinski definition) is 0. The number of hydrogen-bond acceptors (Lipinski definition) is 1. The fraction of sp³-hybridized carbons (Fsp3) is 0.188. The van der Waals surface area contributed by atoms with Crippen LogP contribution in [0.4, 0.5) is 0 Å². The van der Waals surface area contributed by atoms with Gasteiger partial charge in [0.25, 0.3) is 0 Å². The largest absolute Gasteiger partial charge is 0.318 e. The first-order valence-corrected chi connectivity index (χ1v) is 18.3. The fourth-order valence-corrected chi connectivity index (χ4v) is 7.65. The number of benzene rings is 3. The highest BCUT2D eigenvalue weighted by atomic mass is 15.0. The number of aromatic nitrogens is 2. The summed E-state index contributed by atoms with van der Waals surface area (Å²) in [4.78, 5) is 5.28. The topological polar surface area (TPSA) is 17.8 Å². The van der Waals surface area contributed by atoms with E-state index in [0.29, 0.717) is 0 Å². The zero-order valence-electron chi connectivity index (χ0n) is 29.0.